The molecule has 26 heavy (non-hydrogen) atoms. The second-order valence-corrected chi connectivity index (χ2v) is 7.80. The van der Waals surface area contributed by atoms with E-state index in [4.69, 9.17) is 4.98 Å². The van der Waals surface area contributed by atoms with Gasteiger partial charge >= 0.3 is 0 Å². The maximum Gasteiger partial charge on any atom is 0.254 e. The Labute approximate surface area is 152 Å². The molecule has 2 aromatic heterocycles. The average Bonchev–Trinajstić information content (AvgIpc) is 3.39. The van der Waals surface area contributed by atoms with Gasteiger partial charge in [-0.05, 0) is 42.7 Å². The predicted molar refractivity (Wildman–Crippen MR) is 102 cm³/mol. The predicted octanol–water partition coefficient (Wildman–Crippen LogP) is 2.77. The summed E-state index contributed by atoms with van der Waals surface area (Å²) in [7, 11) is 2.13. The number of rotatable bonds is 4. The zero-order valence-corrected chi connectivity index (χ0v) is 15.2. The van der Waals surface area contributed by atoms with Crippen LogP contribution < -0.4 is 5.56 Å². The van der Waals surface area contributed by atoms with Crippen molar-refractivity contribution >= 4 is 10.9 Å². The lowest BCUT2D eigenvalue weighted by atomic mass is 10.1. The van der Waals surface area contributed by atoms with Crippen LogP contribution in [0.25, 0.3) is 10.9 Å². The smallest absolute Gasteiger partial charge is 0.254 e. The summed E-state index contributed by atoms with van der Waals surface area (Å²) in [5, 5.41) is 1.28. The molecule has 1 N–H and O–H groups in total. The van der Waals surface area contributed by atoms with E-state index in [1.54, 1.807) is 0 Å². The molecule has 1 aromatic carbocycles. The van der Waals surface area contributed by atoms with Crippen LogP contribution in [0.2, 0.25) is 0 Å². The number of hydrogen-bond donors (Lipinski definition) is 1. The fourth-order valence-electron chi connectivity index (χ4n) is 4.10. The molecule has 134 valence electrons. The summed E-state index contributed by atoms with van der Waals surface area (Å²) in [6, 6.07) is 10.8. The number of nitrogens with one attached hydrogen (secondary N) is 1. The number of aromatic amines is 1. The van der Waals surface area contributed by atoms with E-state index >= 15 is 0 Å². The highest BCUT2D eigenvalue weighted by atomic mass is 16.1. The largest absolute Gasteiger partial charge is 0.346 e. The number of aromatic nitrogens is 3. The van der Waals surface area contributed by atoms with Crippen LogP contribution in [0.4, 0.5) is 0 Å². The summed E-state index contributed by atoms with van der Waals surface area (Å²) in [5.74, 6) is 1.61. The molecule has 0 spiro atoms. The zero-order valence-electron chi connectivity index (χ0n) is 15.2. The zero-order chi connectivity index (χ0) is 17.7. The number of nitrogens with zero attached hydrogens (tertiary/aromatic N) is 3. The van der Waals surface area contributed by atoms with Gasteiger partial charge < -0.3 is 9.55 Å². The second-order valence-electron chi connectivity index (χ2n) is 7.80. The van der Waals surface area contributed by atoms with Crippen LogP contribution in [-0.4, -0.2) is 26.0 Å². The molecular formula is C21H24N4O. The Hall–Kier alpha value is -2.40. The summed E-state index contributed by atoms with van der Waals surface area (Å²) >= 11 is 0. The molecule has 0 atom stereocenters. The fraction of sp³-hybridized carbons (Fsp3) is 0.429. The van der Waals surface area contributed by atoms with Gasteiger partial charge in [-0.2, -0.15) is 0 Å². The highest BCUT2D eigenvalue weighted by Crippen LogP contribution is 2.31. The summed E-state index contributed by atoms with van der Waals surface area (Å²) in [5.41, 5.74) is 4.51. The van der Waals surface area contributed by atoms with E-state index in [2.05, 4.69) is 51.8 Å². The minimum atomic E-state index is 0.0786. The van der Waals surface area contributed by atoms with Gasteiger partial charge in [-0.3, -0.25) is 9.69 Å². The summed E-state index contributed by atoms with van der Waals surface area (Å²) in [4.78, 5) is 22.6. The Bertz CT molecular complexity index is 1030. The third-order valence-electron chi connectivity index (χ3n) is 5.82. The molecule has 1 aliphatic carbocycles. The van der Waals surface area contributed by atoms with E-state index < -0.39 is 0 Å². The minimum absolute atomic E-state index is 0.0786. The Balaban J connectivity index is 1.40. The fourth-order valence-corrected chi connectivity index (χ4v) is 4.10. The maximum absolute atomic E-state index is 12.4. The first-order valence-corrected chi connectivity index (χ1v) is 9.54. The maximum atomic E-state index is 12.4. The topological polar surface area (TPSA) is 53.9 Å². The normalized spacial score (nSPS) is 17.6. The minimum Gasteiger partial charge on any atom is -0.346 e. The summed E-state index contributed by atoms with van der Waals surface area (Å²) in [6.45, 7) is 2.55. The van der Waals surface area contributed by atoms with Crippen molar-refractivity contribution in [3.8, 4) is 0 Å². The van der Waals surface area contributed by atoms with Crippen molar-refractivity contribution in [1.82, 2.24) is 19.4 Å². The molecule has 5 heteroatoms. The first kappa shape index (κ1) is 15.8. The summed E-state index contributed by atoms with van der Waals surface area (Å²) < 4.78 is 2.27. The van der Waals surface area contributed by atoms with Gasteiger partial charge in [-0.1, -0.05) is 18.2 Å². The molecule has 0 amide bonds. The second kappa shape index (κ2) is 6.09. The Morgan fingerprint density at radius 1 is 1.27 bits per heavy atom. The van der Waals surface area contributed by atoms with E-state index in [1.807, 2.05) is 0 Å². The molecular weight excluding hydrogens is 324 g/mol. The van der Waals surface area contributed by atoms with E-state index in [-0.39, 0.29) is 5.56 Å². The molecule has 5 nitrogen and oxygen atoms in total. The van der Waals surface area contributed by atoms with E-state index in [9.17, 15) is 4.79 Å². The molecule has 1 fully saturated rings. The van der Waals surface area contributed by atoms with Gasteiger partial charge in [-0.15, -0.1) is 0 Å². The van der Waals surface area contributed by atoms with Crippen LogP contribution in [0.5, 0.6) is 0 Å². The van der Waals surface area contributed by atoms with Gasteiger partial charge in [0.15, 0.2) is 0 Å². The third-order valence-corrected chi connectivity index (χ3v) is 5.82. The molecule has 0 unspecified atom stereocenters. The van der Waals surface area contributed by atoms with Gasteiger partial charge in [0.25, 0.3) is 5.56 Å². The SMILES string of the molecule is Cn1c(CN2CCc3c(nc(CC4CC4)[nH]c3=O)C2)cc2ccccc21. The van der Waals surface area contributed by atoms with Crippen molar-refractivity contribution in [2.45, 2.75) is 38.8 Å². The molecule has 0 bridgehead atoms. The first-order chi connectivity index (χ1) is 12.7. The van der Waals surface area contributed by atoms with Crippen LogP contribution in [0.3, 0.4) is 0 Å². The van der Waals surface area contributed by atoms with Crippen LogP contribution in [0, 0.1) is 5.92 Å². The summed E-state index contributed by atoms with van der Waals surface area (Å²) in [6.07, 6.45) is 4.25. The Morgan fingerprint density at radius 3 is 2.92 bits per heavy atom. The van der Waals surface area contributed by atoms with Crippen molar-refractivity contribution in [1.29, 1.82) is 0 Å². The monoisotopic (exact) mass is 348 g/mol. The molecule has 2 aliphatic rings. The standard InChI is InChI=1S/C21H24N4O/c1-24-16(11-15-4-2-3-5-19(15)24)12-25-9-8-17-18(13-25)22-20(23-21(17)26)10-14-6-7-14/h2-5,11,14H,6-10,12-13H2,1H3,(H,22,23,26). The van der Waals surface area contributed by atoms with Crippen molar-refractivity contribution in [2.24, 2.45) is 13.0 Å². The number of fused-ring (bicyclic) bond motifs is 2. The van der Waals surface area contributed by atoms with E-state index in [1.165, 1.54) is 29.4 Å². The van der Waals surface area contributed by atoms with Crippen molar-refractivity contribution in [3.05, 3.63) is 63.5 Å². The van der Waals surface area contributed by atoms with E-state index in [0.717, 1.165) is 55.5 Å². The quantitative estimate of drug-likeness (QED) is 0.789. The molecule has 3 aromatic rings. The molecule has 5 rings (SSSR count). The number of H-pyrrole nitrogens is 1. The average molecular weight is 348 g/mol. The van der Waals surface area contributed by atoms with Crippen molar-refractivity contribution < 1.29 is 0 Å². The Morgan fingerprint density at radius 2 is 2.12 bits per heavy atom. The van der Waals surface area contributed by atoms with Crippen LogP contribution >= 0.6 is 0 Å². The van der Waals surface area contributed by atoms with Gasteiger partial charge in [0, 0.05) is 49.9 Å². The number of hydrogen-bond acceptors (Lipinski definition) is 3. The van der Waals surface area contributed by atoms with Gasteiger partial charge in [0.1, 0.15) is 5.82 Å². The van der Waals surface area contributed by atoms with E-state index in [0.29, 0.717) is 0 Å². The first-order valence-electron chi connectivity index (χ1n) is 9.54. The Kier molecular flexibility index (Phi) is 3.71. The van der Waals surface area contributed by atoms with Gasteiger partial charge in [-0.25, -0.2) is 4.98 Å². The van der Waals surface area contributed by atoms with Gasteiger partial charge in [0.05, 0.1) is 5.69 Å². The molecule has 1 saturated carbocycles. The van der Waals surface area contributed by atoms with Crippen molar-refractivity contribution in [2.75, 3.05) is 6.54 Å². The van der Waals surface area contributed by atoms with Crippen LogP contribution in [0.1, 0.15) is 35.6 Å². The molecule has 1 aliphatic heterocycles. The van der Waals surface area contributed by atoms with Crippen molar-refractivity contribution in [3.63, 3.8) is 0 Å². The molecule has 0 radical (unpaired) electrons. The van der Waals surface area contributed by atoms with Crippen LogP contribution in [0.15, 0.2) is 35.1 Å². The number of aryl methyl sites for hydroxylation is 1. The molecule has 3 heterocycles. The third kappa shape index (κ3) is 2.86. The lowest BCUT2D eigenvalue weighted by Gasteiger charge is -2.27. The lowest BCUT2D eigenvalue weighted by molar-refractivity contribution is 0.235. The lowest BCUT2D eigenvalue weighted by Crippen LogP contribution is -2.35. The number of benzene rings is 1. The number of para-hydroxylation sites is 1. The highest BCUT2D eigenvalue weighted by molar-refractivity contribution is 5.81. The van der Waals surface area contributed by atoms with Gasteiger partial charge in [0.2, 0.25) is 0 Å². The molecule has 0 saturated heterocycles. The van der Waals surface area contributed by atoms with Crippen LogP contribution in [-0.2, 0) is 33.0 Å². The highest BCUT2D eigenvalue weighted by Gasteiger charge is 2.25.